The highest BCUT2D eigenvalue weighted by molar-refractivity contribution is 5.82. The minimum absolute atomic E-state index is 0.0429. The quantitative estimate of drug-likeness (QED) is 0.793. The Kier molecular flexibility index (Phi) is 2.74. The summed E-state index contributed by atoms with van der Waals surface area (Å²) in [5.41, 5.74) is 1.16. The lowest BCUT2D eigenvalue weighted by atomic mass is 10.0. The fraction of sp³-hybridized carbons (Fsp3) is 0.562. The molecule has 2 aliphatic heterocycles. The molecule has 1 saturated carbocycles. The maximum absolute atomic E-state index is 11.8. The van der Waals surface area contributed by atoms with Gasteiger partial charge in [0.1, 0.15) is 11.9 Å². The SMILES string of the molecule is O=C1OC(CN2CCC=C(c3ccco3)C2)CC12CC2. The number of carbonyl (C=O) groups is 1. The molecule has 0 amide bonds. The molecule has 1 spiro atoms. The molecule has 0 N–H and O–H groups in total. The Labute approximate surface area is 118 Å². The Morgan fingerprint density at radius 1 is 1.40 bits per heavy atom. The zero-order chi connectivity index (χ0) is 13.6. The second kappa shape index (κ2) is 4.48. The van der Waals surface area contributed by atoms with E-state index in [1.54, 1.807) is 6.26 Å². The van der Waals surface area contributed by atoms with Crippen LogP contribution in [0.15, 0.2) is 28.9 Å². The highest BCUT2D eigenvalue weighted by Crippen LogP contribution is 2.54. The number of ether oxygens (including phenoxy) is 1. The van der Waals surface area contributed by atoms with Gasteiger partial charge in [0.25, 0.3) is 0 Å². The van der Waals surface area contributed by atoms with E-state index in [4.69, 9.17) is 9.15 Å². The first-order valence-electron chi connectivity index (χ1n) is 7.42. The molecule has 1 aromatic heterocycles. The van der Waals surface area contributed by atoms with Crippen LogP contribution in [0.4, 0.5) is 0 Å². The third-order valence-electron chi connectivity index (χ3n) is 4.71. The van der Waals surface area contributed by atoms with Gasteiger partial charge in [0.2, 0.25) is 0 Å². The average Bonchev–Trinajstić information content (AvgIpc) is 2.91. The van der Waals surface area contributed by atoms with Gasteiger partial charge >= 0.3 is 5.97 Å². The summed E-state index contributed by atoms with van der Waals surface area (Å²) in [5, 5.41) is 0. The molecule has 20 heavy (non-hydrogen) atoms. The van der Waals surface area contributed by atoms with Gasteiger partial charge in [0.15, 0.2) is 0 Å². The molecule has 4 heteroatoms. The third-order valence-corrected chi connectivity index (χ3v) is 4.71. The number of hydrogen-bond donors (Lipinski definition) is 0. The van der Waals surface area contributed by atoms with Crippen molar-refractivity contribution in [1.29, 1.82) is 0 Å². The zero-order valence-corrected chi connectivity index (χ0v) is 11.5. The van der Waals surface area contributed by atoms with Crippen LogP contribution in [-0.2, 0) is 9.53 Å². The fourth-order valence-corrected chi connectivity index (χ4v) is 3.39. The van der Waals surface area contributed by atoms with E-state index in [0.717, 1.165) is 51.1 Å². The Hall–Kier alpha value is -1.55. The topological polar surface area (TPSA) is 42.7 Å². The number of rotatable bonds is 3. The second-order valence-corrected chi connectivity index (χ2v) is 6.24. The maximum Gasteiger partial charge on any atom is 0.312 e. The molecule has 1 saturated heterocycles. The molecule has 1 aliphatic carbocycles. The number of carbonyl (C=O) groups excluding carboxylic acids is 1. The smallest absolute Gasteiger partial charge is 0.312 e. The van der Waals surface area contributed by atoms with Crippen molar-refractivity contribution in [3.8, 4) is 0 Å². The average molecular weight is 273 g/mol. The van der Waals surface area contributed by atoms with Crippen LogP contribution >= 0.6 is 0 Å². The Morgan fingerprint density at radius 3 is 3.00 bits per heavy atom. The monoisotopic (exact) mass is 273 g/mol. The maximum atomic E-state index is 11.8. The van der Waals surface area contributed by atoms with E-state index < -0.39 is 0 Å². The summed E-state index contributed by atoms with van der Waals surface area (Å²) in [5.74, 6) is 0.998. The van der Waals surface area contributed by atoms with Gasteiger partial charge in [0, 0.05) is 31.6 Å². The van der Waals surface area contributed by atoms with Gasteiger partial charge < -0.3 is 9.15 Å². The van der Waals surface area contributed by atoms with E-state index in [0.29, 0.717) is 0 Å². The first kappa shape index (κ1) is 12.2. The third kappa shape index (κ3) is 2.08. The van der Waals surface area contributed by atoms with E-state index in [1.165, 1.54) is 5.57 Å². The van der Waals surface area contributed by atoms with Crippen molar-refractivity contribution in [3.05, 3.63) is 30.2 Å². The van der Waals surface area contributed by atoms with E-state index in [2.05, 4.69) is 11.0 Å². The Balaban J connectivity index is 1.39. The molecule has 0 aromatic carbocycles. The first-order chi connectivity index (χ1) is 9.75. The van der Waals surface area contributed by atoms with E-state index in [-0.39, 0.29) is 17.5 Å². The minimum Gasteiger partial charge on any atom is -0.465 e. The summed E-state index contributed by atoms with van der Waals surface area (Å²) in [6.07, 6.45) is 8.05. The lowest BCUT2D eigenvalue weighted by Crippen LogP contribution is -2.36. The van der Waals surface area contributed by atoms with Crippen LogP contribution in [0, 0.1) is 5.41 Å². The van der Waals surface area contributed by atoms with Crippen LogP contribution < -0.4 is 0 Å². The van der Waals surface area contributed by atoms with Gasteiger partial charge in [-0.15, -0.1) is 0 Å². The van der Waals surface area contributed by atoms with Crippen LogP contribution in [-0.4, -0.2) is 36.6 Å². The first-order valence-corrected chi connectivity index (χ1v) is 7.42. The molecular weight excluding hydrogens is 254 g/mol. The summed E-state index contributed by atoms with van der Waals surface area (Å²) >= 11 is 0. The van der Waals surface area contributed by atoms with E-state index in [1.807, 2.05) is 12.1 Å². The zero-order valence-electron chi connectivity index (χ0n) is 11.5. The van der Waals surface area contributed by atoms with Crippen molar-refractivity contribution < 1.29 is 13.9 Å². The minimum atomic E-state index is -0.0832. The lowest BCUT2D eigenvalue weighted by molar-refractivity contribution is -0.145. The summed E-state index contributed by atoms with van der Waals surface area (Å²) in [6.45, 7) is 2.77. The molecular formula is C16H19NO3. The number of furan rings is 1. The van der Waals surface area contributed by atoms with Crippen LogP contribution in [0.25, 0.3) is 5.57 Å². The predicted octanol–water partition coefficient (Wildman–Crippen LogP) is 2.46. The number of esters is 1. The summed E-state index contributed by atoms with van der Waals surface area (Å²) in [4.78, 5) is 14.2. The highest BCUT2D eigenvalue weighted by atomic mass is 16.6. The van der Waals surface area contributed by atoms with Crippen LogP contribution in [0.3, 0.4) is 0 Å². The Morgan fingerprint density at radius 2 is 2.30 bits per heavy atom. The Bertz CT molecular complexity index is 542. The lowest BCUT2D eigenvalue weighted by Gasteiger charge is -2.28. The number of hydrogen-bond acceptors (Lipinski definition) is 4. The van der Waals surface area contributed by atoms with Gasteiger partial charge in [0.05, 0.1) is 11.7 Å². The molecule has 2 fully saturated rings. The predicted molar refractivity (Wildman–Crippen MR) is 73.9 cm³/mol. The number of cyclic esters (lactones) is 1. The summed E-state index contributed by atoms with van der Waals surface area (Å²) in [6, 6.07) is 3.93. The largest absolute Gasteiger partial charge is 0.465 e. The van der Waals surface area contributed by atoms with Crippen molar-refractivity contribution >= 4 is 11.5 Å². The van der Waals surface area contributed by atoms with Crippen LogP contribution in [0.1, 0.15) is 31.4 Å². The molecule has 0 radical (unpaired) electrons. The van der Waals surface area contributed by atoms with E-state index >= 15 is 0 Å². The summed E-state index contributed by atoms with van der Waals surface area (Å²) in [7, 11) is 0. The molecule has 4 nitrogen and oxygen atoms in total. The normalized spacial score (nSPS) is 28.5. The molecule has 1 unspecified atom stereocenters. The van der Waals surface area contributed by atoms with Crippen LogP contribution in [0.5, 0.6) is 0 Å². The van der Waals surface area contributed by atoms with Crippen molar-refractivity contribution in [2.45, 2.75) is 31.8 Å². The molecule has 106 valence electrons. The molecule has 3 heterocycles. The molecule has 3 aliphatic rings. The standard InChI is InChI=1S/C16H19NO3/c18-15-16(5-6-16)9-13(20-15)11-17-7-1-3-12(10-17)14-4-2-8-19-14/h2-4,8,13H,1,5-7,9-11H2. The van der Waals surface area contributed by atoms with Gasteiger partial charge in [-0.05, 0) is 31.4 Å². The van der Waals surface area contributed by atoms with E-state index in [9.17, 15) is 4.79 Å². The number of nitrogens with zero attached hydrogens (tertiary/aromatic N) is 1. The summed E-state index contributed by atoms with van der Waals surface area (Å²) < 4.78 is 11.0. The second-order valence-electron chi connectivity index (χ2n) is 6.24. The molecule has 0 bridgehead atoms. The van der Waals surface area contributed by atoms with Gasteiger partial charge in [-0.2, -0.15) is 0 Å². The molecule has 4 rings (SSSR count). The van der Waals surface area contributed by atoms with Crippen molar-refractivity contribution in [1.82, 2.24) is 4.90 Å². The van der Waals surface area contributed by atoms with Crippen molar-refractivity contribution in [2.75, 3.05) is 19.6 Å². The van der Waals surface area contributed by atoms with Crippen molar-refractivity contribution in [3.63, 3.8) is 0 Å². The molecule has 1 atom stereocenters. The molecule has 1 aromatic rings. The van der Waals surface area contributed by atoms with Gasteiger partial charge in [-0.25, -0.2) is 0 Å². The van der Waals surface area contributed by atoms with Gasteiger partial charge in [-0.3, -0.25) is 9.69 Å². The van der Waals surface area contributed by atoms with Crippen molar-refractivity contribution in [2.24, 2.45) is 5.41 Å². The fourth-order valence-electron chi connectivity index (χ4n) is 3.39. The van der Waals surface area contributed by atoms with Gasteiger partial charge in [-0.1, -0.05) is 6.08 Å². The van der Waals surface area contributed by atoms with Crippen LogP contribution in [0.2, 0.25) is 0 Å². The highest BCUT2D eigenvalue weighted by Gasteiger charge is 2.57.